The first-order valence-electron chi connectivity index (χ1n) is 11.9. The number of carbonyl (C=O) groups is 4. The van der Waals surface area contributed by atoms with Crippen molar-refractivity contribution < 1.29 is 38.5 Å². The predicted molar refractivity (Wildman–Crippen MR) is 139 cm³/mol. The van der Waals surface area contributed by atoms with Crippen molar-refractivity contribution in [3.8, 4) is 11.5 Å². The Balaban J connectivity index is 1.48. The molecule has 4 unspecified atom stereocenters. The number of aryl methyl sites for hydroxylation is 1. The Morgan fingerprint density at radius 3 is 2.41 bits per heavy atom. The van der Waals surface area contributed by atoms with E-state index in [1.807, 2.05) is 0 Å². The second kappa shape index (κ2) is 9.08. The normalized spacial score (nSPS) is 24.7. The highest BCUT2D eigenvalue weighted by molar-refractivity contribution is 6.42. The average Bonchev–Trinajstić information content (AvgIpc) is 3.57. The van der Waals surface area contributed by atoms with Gasteiger partial charge in [-0.15, -0.1) is 0 Å². The fourth-order valence-electron chi connectivity index (χ4n) is 5.49. The first-order valence-corrected chi connectivity index (χ1v) is 12.6. The molecule has 4 atom stereocenters. The summed E-state index contributed by atoms with van der Waals surface area (Å²) in [5.74, 6) is -6.39. The molecule has 3 aliphatic rings. The van der Waals surface area contributed by atoms with Crippen molar-refractivity contribution >= 4 is 52.3 Å². The van der Waals surface area contributed by atoms with Gasteiger partial charge in [0.05, 0.1) is 22.1 Å². The predicted octanol–water partition coefficient (Wildman–Crippen LogP) is 4.88. The Labute approximate surface area is 231 Å². The molecule has 1 saturated heterocycles. The van der Waals surface area contributed by atoms with Crippen molar-refractivity contribution in [3.63, 3.8) is 0 Å². The zero-order chi connectivity index (χ0) is 27.6. The van der Waals surface area contributed by atoms with Crippen molar-refractivity contribution in [3.05, 3.63) is 86.9 Å². The molecule has 2 aliphatic heterocycles. The highest BCUT2D eigenvalue weighted by atomic mass is 35.5. The van der Waals surface area contributed by atoms with Crippen molar-refractivity contribution in [2.45, 2.75) is 18.6 Å². The van der Waals surface area contributed by atoms with Crippen LogP contribution in [0.1, 0.15) is 37.9 Å². The molecule has 1 aliphatic carbocycles. The minimum atomic E-state index is -2.45. The average molecular weight is 568 g/mol. The van der Waals surface area contributed by atoms with Crippen LogP contribution in [0.5, 0.6) is 11.5 Å². The number of hydrogen-bond donors (Lipinski definition) is 2. The largest absolute Gasteiger partial charge is 0.481 e. The summed E-state index contributed by atoms with van der Waals surface area (Å²) in [6.07, 6.45) is -1.32. The molecule has 1 amide bonds. The number of carbonyl (C=O) groups excluding carboxylic acids is 3. The van der Waals surface area contributed by atoms with Gasteiger partial charge in [-0.05, 0) is 42.8 Å². The SMILES string of the molecule is Cc1ccc2c(c1)C(=O)C1(OC(c3ccc(Cl)c(Cl)c3)C(C(=O)Nc3ccc4c(c3)OCO4)C1C(=O)O)C2=O. The molecule has 0 saturated carbocycles. The van der Waals surface area contributed by atoms with Gasteiger partial charge < -0.3 is 24.6 Å². The van der Waals surface area contributed by atoms with E-state index in [-0.39, 0.29) is 33.5 Å². The molecule has 0 radical (unpaired) electrons. The van der Waals surface area contributed by atoms with Crippen LogP contribution in [0.25, 0.3) is 0 Å². The summed E-state index contributed by atoms with van der Waals surface area (Å²) < 4.78 is 16.8. The van der Waals surface area contributed by atoms with Crippen LogP contribution < -0.4 is 14.8 Å². The molecule has 39 heavy (non-hydrogen) atoms. The van der Waals surface area contributed by atoms with Gasteiger partial charge in [-0.3, -0.25) is 19.2 Å². The summed E-state index contributed by atoms with van der Waals surface area (Å²) in [6, 6.07) is 13.7. The van der Waals surface area contributed by atoms with Gasteiger partial charge in [0.15, 0.2) is 11.5 Å². The molecule has 9 nitrogen and oxygen atoms in total. The van der Waals surface area contributed by atoms with Crippen molar-refractivity contribution in [2.24, 2.45) is 11.8 Å². The van der Waals surface area contributed by atoms with Crippen LogP contribution in [0.4, 0.5) is 5.69 Å². The van der Waals surface area contributed by atoms with E-state index < -0.39 is 47.0 Å². The molecule has 6 rings (SSSR count). The second-order valence-corrected chi connectivity index (χ2v) is 10.4. The van der Waals surface area contributed by atoms with Gasteiger partial charge in [-0.2, -0.15) is 0 Å². The van der Waals surface area contributed by atoms with Gasteiger partial charge >= 0.3 is 5.97 Å². The molecule has 3 aromatic rings. The molecule has 2 heterocycles. The minimum absolute atomic E-state index is 0.0243. The number of carboxylic acids is 1. The number of ether oxygens (including phenoxy) is 3. The number of rotatable bonds is 4. The maximum absolute atomic E-state index is 13.8. The molecule has 1 spiro atoms. The number of aliphatic carboxylic acids is 1. The summed E-state index contributed by atoms with van der Waals surface area (Å²) in [4.78, 5) is 54.3. The molecule has 198 valence electrons. The van der Waals surface area contributed by atoms with Crippen molar-refractivity contribution in [1.29, 1.82) is 0 Å². The summed E-state index contributed by atoms with van der Waals surface area (Å²) in [5.41, 5.74) is -1.07. The fraction of sp³-hybridized carbons (Fsp3) is 0.214. The number of amides is 1. The number of hydrogen-bond acceptors (Lipinski definition) is 7. The molecular formula is C28H19Cl2NO8. The highest BCUT2D eigenvalue weighted by Gasteiger charge is 2.71. The number of Topliss-reactive ketones (excluding diaryl/α,β-unsaturated/α-hetero) is 2. The number of benzene rings is 3. The first kappa shape index (κ1) is 25.4. The molecular weight excluding hydrogens is 549 g/mol. The zero-order valence-corrected chi connectivity index (χ0v) is 21.7. The number of anilines is 1. The smallest absolute Gasteiger partial charge is 0.311 e. The van der Waals surface area contributed by atoms with Gasteiger partial charge in [0.25, 0.3) is 0 Å². The van der Waals surface area contributed by atoms with E-state index in [1.54, 1.807) is 25.1 Å². The summed E-state index contributed by atoms with van der Waals surface area (Å²) in [6.45, 7) is 1.77. The summed E-state index contributed by atoms with van der Waals surface area (Å²) >= 11 is 12.3. The first-order chi connectivity index (χ1) is 18.6. The van der Waals surface area contributed by atoms with Crippen LogP contribution >= 0.6 is 23.2 Å². The lowest BCUT2D eigenvalue weighted by molar-refractivity contribution is -0.147. The lowest BCUT2D eigenvalue weighted by Gasteiger charge is -2.25. The maximum atomic E-state index is 13.8. The van der Waals surface area contributed by atoms with Crippen LogP contribution in [0.15, 0.2) is 54.6 Å². The Morgan fingerprint density at radius 1 is 0.923 bits per heavy atom. The third-order valence-corrected chi connectivity index (χ3v) is 8.00. The monoisotopic (exact) mass is 567 g/mol. The maximum Gasteiger partial charge on any atom is 0.311 e. The Bertz CT molecular complexity index is 1600. The molecule has 1 fully saturated rings. The fourth-order valence-corrected chi connectivity index (χ4v) is 5.80. The number of halogens is 2. The van der Waals surface area contributed by atoms with Gasteiger partial charge in [0, 0.05) is 22.9 Å². The van der Waals surface area contributed by atoms with E-state index in [0.29, 0.717) is 22.7 Å². The van der Waals surface area contributed by atoms with Crippen molar-refractivity contribution in [2.75, 3.05) is 12.1 Å². The third-order valence-electron chi connectivity index (χ3n) is 7.26. The van der Waals surface area contributed by atoms with Crippen LogP contribution in [0.2, 0.25) is 10.0 Å². The Kier molecular flexibility index (Phi) is 5.91. The van der Waals surface area contributed by atoms with Crippen LogP contribution in [-0.2, 0) is 14.3 Å². The topological polar surface area (TPSA) is 128 Å². The molecule has 2 N–H and O–H groups in total. The lowest BCUT2D eigenvalue weighted by atomic mass is 9.75. The number of nitrogens with one attached hydrogen (secondary N) is 1. The molecule has 11 heteroatoms. The van der Waals surface area contributed by atoms with E-state index in [2.05, 4.69) is 5.32 Å². The second-order valence-electron chi connectivity index (χ2n) is 9.55. The van der Waals surface area contributed by atoms with E-state index in [9.17, 15) is 24.3 Å². The Morgan fingerprint density at radius 2 is 1.67 bits per heavy atom. The van der Waals surface area contributed by atoms with Crippen molar-refractivity contribution in [1.82, 2.24) is 0 Å². The number of fused-ring (bicyclic) bond motifs is 2. The van der Waals surface area contributed by atoms with Crippen LogP contribution in [0, 0.1) is 18.8 Å². The van der Waals surface area contributed by atoms with Crippen LogP contribution in [-0.4, -0.2) is 40.9 Å². The van der Waals surface area contributed by atoms with E-state index in [1.165, 1.54) is 36.4 Å². The highest BCUT2D eigenvalue weighted by Crippen LogP contribution is 2.54. The zero-order valence-electron chi connectivity index (χ0n) is 20.2. The van der Waals surface area contributed by atoms with E-state index >= 15 is 0 Å². The summed E-state index contributed by atoms with van der Waals surface area (Å²) in [5, 5.41) is 13.5. The summed E-state index contributed by atoms with van der Waals surface area (Å²) in [7, 11) is 0. The van der Waals surface area contributed by atoms with Gasteiger partial charge in [0.1, 0.15) is 5.92 Å². The van der Waals surface area contributed by atoms with E-state index in [0.717, 1.165) is 0 Å². The lowest BCUT2D eigenvalue weighted by Crippen LogP contribution is -2.52. The number of ketones is 2. The van der Waals surface area contributed by atoms with E-state index in [4.69, 9.17) is 37.4 Å². The third kappa shape index (κ3) is 3.80. The Hall–Kier alpha value is -3.92. The molecule has 0 aromatic heterocycles. The van der Waals surface area contributed by atoms with Gasteiger partial charge in [-0.25, -0.2) is 0 Å². The standard InChI is InChI=1S/C28H19Cl2NO8/c1-12-2-5-15-16(8-12)25(33)28(24(15)32)22(27(35)36)21(23(39-28)13-3-6-17(29)18(30)9-13)26(34)31-14-4-7-19-20(10-14)38-11-37-19/h2-10,21-23H,11H2,1H3,(H,31,34)(H,35,36). The van der Waals surface area contributed by atoms with Gasteiger partial charge in [0.2, 0.25) is 29.9 Å². The molecule has 3 aromatic carbocycles. The minimum Gasteiger partial charge on any atom is -0.481 e. The molecule has 0 bridgehead atoms. The van der Waals surface area contributed by atoms with Gasteiger partial charge in [-0.1, -0.05) is 47.0 Å². The quantitative estimate of drug-likeness (QED) is 0.427. The number of carboxylic acid groups (broad SMARTS) is 1. The van der Waals surface area contributed by atoms with Crippen LogP contribution in [0.3, 0.4) is 0 Å².